The highest BCUT2D eigenvalue weighted by molar-refractivity contribution is 6.03. The van der Waals surface area contributed by atoms with Gasteiger partial charge in [-0.3, -0.25) is 9.59 Å². The standard InChI is InChI=1S/C21H21N5O2/c1-14-6-3-4-7-16(14)12-22-20-11-19(23-13-24-20)21(28)26-18-9-5-8-17(10-18)25-15(2)27/h3-11,13H,12H2,1-2H3,(H,25,27)(H,26,28)(H,22,23,24). The Morgan fingerprint density at radius 3 is 2.43 bits per heavy atom. The molecule has 0 saturated carbocycles. The van der Waals surface area contributed by atoms with Crippen LogP contribution in [0.4, 0.5) is 17.2 Å². The number of rotatable bonds is 6. The maximum absolute atomic E-state index is 12.5. The summed E-state index contributed by atoms with van der Waals surface area (Å²) in [5.41, 5.74) is 3.74. The van der Waals surface area contributed by atoms with Crippen LogP contribution in [-0.2, 0) is 11.3 Å². The molecule has 7 heteroatoms. The Labute approximate surface area is 163 Å². The second-order valence-electron chi connectivity index (χ2n) is 6.28. The minimum absolute atomic E-state index is 0.177. The maximum atomic E-state index is 12.5. The van der Waals surface area contributed by atoms with E-state index in [1.807, 2.05) is 31.2 Å². The summed E-state index contributed by atoms with van der Waals surface area (Å²) in [6, 6.07) is 16.6. The van der Waals surface area contributed by atoms with Gasteiger partial charge in [0.05, 0.1) is 0 Å². The van der Waals surface area contributed by atoms with Crippen LogP contribution in [0, 0.1) is 6.92 Å². The number of carbonyl (C=O) groups excluding carboxylic acids is 2. The SMILES string of the molecule is CC(=O)Nc1cccc(NC(=O)c2cc(NCc3ccccc3C)ncn2)c1. The summed E-state index contributed by atoms with van der Waals surface area (Å²) in [6.45, 7) is 4.08. The molecule has 0 aliphatic rings. The summed E-state index contributed by atoms with van der Waals surface area (Å²) < 4.78 is 0. The topological polar surface area (TPSA) is 96.0 Å². The van der Waals surface area contributed by atoms with Gasteiger partial charge < -0.3 is 16.0 Å². The van der Waals surface area contributed by atoms with Gasteiger partial charge in [-0.1, -0.05) is 30.3 Å². The van der Waals surface area contributed by atoms with Crippen molar-refractivity contribution in [1.82, 2.24) is 9.97 Å². The zero-order valence-electron chi connectivity index (χ0n) is 15.7. The number of nitrogens with zero attached hydrogens (tertiary/aromatic N) is 2. The van der Waals surface area contributed by atoms with E-state index in [4.69, 9.17) is 0 Å². The predicted octanol–water partition coefficient (Wildman–Crippen LogP) is 3.61. The summed E-state index contributed by atoms with van der Waals surface area (Å²) in [5.74, 6) is 0.0281. The smallest absolute Gasteiger partial charge is 0.274 e. The van der Waals surface area contributed by atoms with Gasteiger partial charge in [0.25, 0.3) is 5.91 Å². The van der Waals surface area contributed by atoms with Gasteiger partial charge in [-0.15, -0.1) is 0 Å². The molecule has 0 spiro atoms. The highest BCUT2D eigenvalue weighted by Crippen LogP contribution is 2.16. The molecular formula is C21H21N5O2. The van der Waals surface area contributed by atoms with Gasteiger partial charge in [0.2, 0.25) is 5.91 Å². The van der Waals surface area contributed by atoms with E-state index in [0.717, 1.165) is 5.56 Å². The molecule has 0 aliphatic heterocycles. The molecule has 0 radical (unpaired) electrons. The Kier molecular flexibility index (Phi) is 5.96. The lowest BCUT2D eigenvalue weighted by Gasteiger charge is -2.10. The molecule has 0 unspecified atom stereocenters. The van der Waals surface area contributed by atoms with Gasteiger partial charge >= 0.3 is 0 Å². The van der Waals surface area contributed by atoms with Crippen molar-refractivity contribution in [2.24, 2.45) is 0 Å². The maximum Gasteiger partial charge on any atom is 0.274 e. The fourth-order valence-electron chi connectivity index (χ4n) is 2.65. The fraction of sp³-hybridized carbons (Fsp3) is 0.143. The van der Waals surface area contributed by atoms with Crippen LogP contribution < -0.4 is 16.0 Å². The fourth-order valence-corrected chi connectivity index (χ4v) is 2.65. The summed E-state index contributed by atoms with van der Waals surface area (Å²) in [4.78, 5) is 31.9. The second-order valence-corrected chi connectivity index (χ2v) is 6.28. The molecule has 7 nitrogen and oxygen atoms in total. The third-order valence-corrected chi connectivity index (χ3v) is 4.06. The molecule has 0 atom stereocenters. The number of hydrogen-bond donors (Lipinski definition) is 3. The van der Waals surface area contributed by atoms with E-state index in [-0.39, 0.29) is 17.5 Å². The van der Waals surface area contributed by atoms with E-state index in [9.17, 15) is 9.59 Å². The van der Waals surface area contributed by atoms with E-state index >= 15 is 0 Å². The van der Waals surface area contributed by atoms with Gasteiger partial charge in [-0.05, 0) is 36.2 Å². The lowest BCUT2D eigenvalue weighted by Crippen LogP contribution is -2.15. The number of carbonyl (C=O) groups is 2. The zero-order chi connectivity index (χ0) is 19.9. The molecule has 0 bridgehead atoms. The van der Waals surface area contributed by atoms with Crippen molar-refractivity contribution in [2.45, 2.75) is 20.4 Å². The number of hydrogen-bond acceptors (Lipinski definition) is 5. The minimum Gasteiger partial charge on any atom is -0.366 e. The summed E-state index contributed by atoms with van der Waals surface area (Å²) >= 11 is 0. The van der Waals surface area contributed by atoms with Crippen LogP contribution in [0.25, 0.3) is 0 Å². The number of nitrogens with one attached hydrogen (secondary N) is 3. The van der Waals surface area contributed by atoms with Crippen molar-refractivity contribution >= 4 is 29.0 Å². The first-order valence-corrected chi connectivity index (χ1v) is 8.81. The van der Waals surface area contributed by atoms with Gasteiger partial charge in [-0.25, -0.2) is 9.97 Å². The molecule has 0 saturated heterocycles. The molecule has 28 heavy (non-hydrogen) atoms. The van der Waals surface area contributed by atoms with E-state index in [1.54, 1.807) is 30.3 Å². The summed E-state index contributed by atoms with van der Waals surface area (Å²) in [7, 11) is 0. The molecule has 142 valence electrons. The van der Waals surface area contributed by atoms with E-state index in [2.05, 4.69) is 25.9 Å². The highest BCUT2D eigenvalue weighted by atomic mass is 16.2. The third-order valence-electron chi connectivity index (χ3n) is 4.06. The van der Waals surface area contributed by atoms with Crippen LogP contribution in [0.3, 0.4) is 0 Å². The molecule has 0 fully saturated rings. The highest BCUT2D eigenvalue weighted by Gasteiger charge is 2.10. The van der Waals surface area contributed by atoms with Gasteiger partial charge in [-0.2, -0.15) is 0 Å². The molecule has 3 N–H and O–H groups in total. The van der Waals surface area contributed by atoms with Gasteiger partial charge in [0, 0.05) is 30.9 Å². The van der Waals surface area contributed by atoms with Crippen molar-refractivity contribution in [1.29, 1.82) is 0 Å². The Balaban J connectivity index is 1.67. The van der Waals surface area contributed by atoms with Crippen molar-refractivity contribution in [3.63, 3.8) is 0 Å². The molecule has 3 aromatic rings. The monoisotopic (exact) mass is 375 g/mol. The number of aromatic nitrogens is 2. The molecule has 3 rings (SSSR count). The average Bonchev–Trinajstić information content (AvgIpc) is 2.67. The summed E-state index contributed by atoms with van der Waals surface area (Å²) in [5, 5.41) is 8.66. The lowest BCUT2D eigenvalue weighted by molar-refractivity contribution is -0.114. The quantitative estimate of drug-likeness (QED) is 0.612. The Morgan fingerprint density at radius 2 is 1.68 bits per heavy atom. The first-order chi connectivity index (χ1) is 13.5. The first kappa shape index (κ1) is 19.0. The lowest BCUT2D eigenvalue weighted by atomic mass is 10.1. The van der Waals surface area contributed by atoms with E-state index in [0.29, 0.717) is 23.7 Å². The number of amides is 2. The van der Waals surface area contributed by atoms with Crippen molar-refractivity contribution in [3.05, 3.63) is 77.7 Å². The third kappa shape index (κ3) is 5.14. The van der Waals surface area contributed by atoms with E-state index < -0.39 is 0 Å². The number of anilines is 3. The van der Waals surface area contributed by atoms with Crippen LogP contribution in [0.5, 0.6) is 0 Å². The van der Waals surface area contributed by atoms with Crippen LogP contribution in [0.15, 0.2) is 60.9 Å². The zero-order valence-corrected chi connectivity index (χ0v) is 15.7. The Bertz CT molecular complexity index is 1000. The summed E-state index contributed by atoms with van der Waals surface area (Å²) in [6.07, 6.45) is 1.35. The number of aryl methyl sites for hydroxylation is 1. The van der Waals surface area contributed by atoms with Crippen molar-refractivity contribution < 1.29 is 9.59 Å². The minimum atomic E-state index is -0.360. The van der Waals surface area contributed by atoms with Crippen LogP contribution in [0.2, 0.25) is 0 Å². The Morgan fingerprint density at radius 1 is 0.929 bits per heavy atom. The van der Waals surface area contributed by atoms with Crippen LogP contribution >= 0.6 is 0 Å². The van der Waals surface area contributed by atoms with Crippen molar-refractivity contribution in [2.75, 3.05) is 16.0 Å². The number of benzene rings is 2. The van der Waals surface area contributed by atoms with Gasteiger partial charge in [0.15, 0.2) is 0 Å². The molecule has 0 aliphatic carbocycles. The largest absolute Gasteiger partial charge is 0.366 e. The normalized spacial score (nSPS) is 10.2. The molecule has 2 aromatic carbocycles. The second kappa shape index (κ2) is 8.77. The predicted molar refractivity (Wildman–Crippen MR) is 109 cm³/mol. The molecule has 2 amide bonds. The molecular weight excluding hydrogens is 354 g/mol. The van der Waals surface area contributed by atoms with Crippen LogP contribution in [-0.4, -0.2) is 21.8 Å². The Hall–Kier alpha value is -3.74. The van der Waals surface area contributed by atoms with Gasteiger partial charge in [0.1, 0.15) is 17.8 Å². The average molecular weight is 375 g/mol. The molecule has 1 heterocycles. The molecule has 1 aromatic heterocycles. The van der Waals surface area contributed by atoms with E-state index in [1.165, 1.54) is 18.8 Å². The van der Waals surface area contributed by atoms with Crippen molar-refractivity contribution in [3.8, 4) is 0 Å². The first-order valence-electron chi connectivity index (χ1n) is 8.81. The van der Waals surface area contributed by atoms with Crippen LogP contribution in [0.1, 0.15) is 28.5 Å².